The monoisotopic (exact) mass is 335 g/mol. The van der Waals surface area contributed by atoms with E-state index in [2.05, 4.69) is 4.90 Å². The number of carbonyl (C=O) groups excluding carboxylic acids is 1. The van der Waals surface area contributed by atoms with Gasteiger partial charge in [-0.25, -0.2) is 0 Å². The van der Waals surface area contributed by atoms with Crippen LogP contribution in [0, 0.1) is 0 Å². The van der Waals surface area contributed by atoms with Gasteiger partial charge >= 0.3 is 0 Å². The molecule has 3 N–H and O–H groups in total. The molecule has 1 aliphatic rings. The number of benzene rings is 1. The average Bonchev–Trinajstić information content (AvgIpc) is 2.46. The first-order valence-corrected chi connectivity index (χ1v) is 6.70. The van der Waals surface area contributed by atoms with Gasteiger partial charge in [0.2, 0.25) is 5.91 Å². The maximum Gasteiger partial charge on any atom is 0.239 e. The van der Waals surface area contributed by atoms with E-state index >= 15 is 0 Å². The minimum atomic E-state index is -0.392. The Hall–Kier alpha value is -1.17. The first-order valence-electron chi connectivity index (χ1n) is 6.70. The van der Waals surface area contributed by atoms with E-state index in [0.717, 1.165) is 18.8 Å². The predicted molar refractivity (Wildman–Crippen MR) is 89.7 cm³/mol. The summed E-state index contributed by atoms with van der Waals surface area (Å²) >= 11 is 0. The van der Waals surface area contributed by atoms with Gasteiger partial charge in [0.05, 0.1) is 11.7 Å². The maximum atomic E-state index is 12.0. The van der Waals surface area contributed by atoms with Crippen LogP contribution in [-0.2, 0) is 4.79 Å². The molecule has 7 heteroatoms. The molecular formula is C14H23Cl2N3O2. The van der Waals surface area contributed by atoms with Gasteiger partial charge in [0.1, 0.15) is 5.75 Å². The van der Waals surface area contributed by atoms with Gasteiger partial charge in [0.25, 0.3) is 0 Å². The topological polar surface area (TPSA) is 69.8 Å². The Kier molecular flexibility index (Phi) is 8.47. The number of anilines is 1. The molecule has 1 aliphatic heterocycles. The minimum Gasteiger partial charge on any atom is -0.506 e. The van der Waals surface area contributed by atoms with Gasteiger partial charge in [0.15, 0.2) is 0 Å². The second kappa shape index (κ2) is 8.97. The molecule has 1 aromatic rings. The lowest BCUT2D eigenvalue weighted by molar-refractivity contribution is -0.132. The van der Waals surface area contributed by atoms with Gasteiger partial charge in [-0.1, -0.05) is 19.1 Å². The SMILES string of the molecule is CC[C@H](N)C(=O)N1CCN(c2ccccc2O)CC1.Cl.Cl. The number of phenolic OH excluding ortho intramolecular Hbond substituents is 1. The molecule has 2 rings (SSSR count). The number of aromatic hydroxyl groups is 1. The van der Waals surface area contributed by atoms with Crippen LogP contribution in [0.4, 0.5) is 5.69 Å². The lowest BCUT2D eigenvalue weighted by Gasteiger charge is -2.37. The Bertz CT molecular complexity index is 452. The molecule has 21 heavy (non-hydrogen) atoms. The van der Waals surface area contributed by atoms with Crippen LogP contribution < -0.4 is 10.6 Å². The quantitative estimate of drug-likeness (QED) is 0.880. The molecule has 1 saturated heterocycles. The summed E-state index contributed by atoms with van der Waals surface area (Å²) in [6, 6.07) is 6.89. The summed E-state index contributed by atoms with van der Waals surface area (Å²) in [4.78, 5) is 15.9. The molecule has 0 aromatic heterocycles. The molecule has 120 valence electrons. The van der Waals surface area contributed by atoms with E-state index in [4.69, 9.17) is 5.73 Å². The Balaban J connectivity index is 0.00000200. The van der Waals surface area contributed by atoms with E-state index in [9.17, 15) is 9.90 Å². The lowest BCUT2D eigenvalue weighted by Crippen LogP contribution is -2.53. The molecule has 0 aliphatic carbocycles. The number of phenols is 1. The fraction of sp³-hybridized carbons (Fsp3) is 0.500. The standard InChI is InChI=1S/C14H21N3O2.2ClH/c1-2-11(15)14(19)17-9-7-16(8-10-17)12-5-3-4-6-13(12)18;;/h3-6,11,18H,2,7-10,15H2,1H3;2*1H/t11-;;/m0../s1. The molecule has 1 atom stereocenters. The summed E-state index contributed by atoms with van der Waals surface area (Å²) in [5, 5.41) is 9.82. The highest BCUT2D eigenvalue weighted by atomic mass is 35.5. The summed E-state index contributed by atoms with van der Waals surface area (Å²) in [7, 11) is 0. The summed E-state index contributed by atoms with van der Waals surface area (Å²) < 4.78 is 0. The second-order valence-corrected chi connectivity index (χ2v) is 4.82. The molecule has 0 bridgehead atoms. The summed E-state index contributed by atoms with van der Waals surface area (Å²) in [5.41, 5.74) is 6.60. The van der Waals surface area contributed by atoms with Crippen LogP contribution in [-0.4, -0.2) is 48.1 Å². The van der Waals surface area contributed by atoms with E-state index in [-0.39, 0.29) is 36.5 Å². The third kappa shape index (κ3) is 4.66. The number of nitrogens with two attached hydrogens (primary N) is 1. The van der Waals surface area contributed by atoms with Crippen LogP contribution in [0.1, 0.15) is 13.3 Å². The third-order valence-corrected chi connectivity index (χ3v) is 3.57. The molecule has 0 saturated carbocycles. The van der Waals surface area contributed by atoms with Crippen LogP contribution in [0.15, 0.2) is 24.3 Å². The number of piperazine rings is 1. The molecule has 0 spiro atoms. The zero-order valence-corrected chi connectivity index (χ0v) is 13.7. The Morgan fingerprint density at radius 1 is 1.24 bits per heavy atom. The van der Waals surface area contributed by atoms with E-state index in [1.165, 1.54) is 0 Å². The van der Waals surface area contributed by atoms with Crippen molar-refractivity contribution >= 4 is 36.4 Å². The van der Waals surface area contributed by atoms with Gasteiger partial charge in [-0.05, 0) is 18.6 Å². The number of nitrogens with zero attached hydrogens (tertiary/aromatic N) is 2. The maximum absolute atomic E-state index is 12.0. The van der Waals surface area contributed by atoms with Crippen LogP contribution in [0.5, 0.6) is 5.75 Å². The van der Waals surface area contributed by atoms with Crippen LogP contribution >= 0.6 is 24.8 Å². The van der Waals surface area contributed by atoms with Gasteiger partial charge < -0.3 is 20.6 Å². The highest BCUT2D eigenvalue weighted by Crippen LogP contribution is 2.27. The largest absolute Gasteiger partial charge is 0.506 e. The average molecular weight is 336 g/mol. The smallest absolute Gasteiger partial charge is 0.239 e. The summed E-state index contributed by atoms with van der Waals surface area (Å²) in [6.45, 7) is 4.67. The molecule has 0 unspecified atom stereocenters. The number of amides is 1. The fourth-order valence-corrected chi connectivity index (χ4v) is 2.31. The van der Waals surface area contributed by atoms with Gasteiger partial charge in [-0.15, -0.1) is 24.8 Å². The third-order valence-electron chi connectivity index (χ3n) is 3.57. The highest BCUT2D eigenvalue weighted by Gasteiger charge is 2.25. The van der Waals surface area contributed by atoms with Crippen molar-refractivity contribution in [2.75, 3.05) is 31.1 Å². The van der Waals surface area contributed by atoms with Crippen molar-refractivity contribution in [3.8, 4) is 5.75 Å². The first-order chi connectivity index (χ1) is 9.13. The van der Waals surface area contributed by atoms with Gasteiger partial charge in [0, 0.05) is 26.2 Å². The Morgan fingerprint density at radius 3 is 2.33 bits per heavy atom. The first kappa shape index (κ1) is 19.8. The number of hydrogen-bond acceptors (Lipinski definition) is 4. The number of halogens is 2. The number of para-hydroxylation sites is 2. The molecule has 1 heterocycles. The Morgan fingerprint density at radius 2 is 1.81 bits per heavy atom. The molecule has 1 fully saturated rings. The fourth-order valence-electron chi connectivity index (χ4n) is 2.31. The van der Waals surface area contributed by atoms with Crippen molar-refractivity contribution in [2.24, 2.45) is 5.73 Å². The zero-order valence-electron chi connectivity index (χ0n) is 12.1. The van der Waals surface area contributed by atoms with Crippen molar-refractivity contribution in [1.29, 1.82) is 0 Å². The zero-order chi connectivity index (χ0) is 13.8. The minimum absolute atomic E-state index is 0. The van der Waals surface area contributed by atoms with Crippen molar-refractivity contribution in [1.82, 2.24) is 4.90 Å². The van der Waals surface area contributed by atoms with Crippen molar-refractivity contribution in [2.45, 2.75) is 19.4 Å². The van der Waals surface area contributed by atoms with Crippen molar-refractivity contribution in [3.05, 3.63) is 24.3 Å². The van der Waals surface area contributed by atoms with Gasteiger partial charge in [-0.2, -0.15) is 0 Å². The normalized spacial score (nSPS) is 15.7. The van der Waals surface area contributed by atoms with E-state index in [1.807, 2.05) is 24.0 Å². The molecule has 0 radical (unpaired) electrons. The van der Waals surface area contributed by atoms with E-state index < -0.39 is 6.04 Å². The molecular weight excluding hydrogens is 313 g/mol. The Labute approximate surface area is 137 Å². The molecule has 5 nitrogen and oxygen atoms in total. The second-order valence-electron chi connectivity index (χ2n) is 4.82. The molecule has 1 aromatic carbocycles. The predicted octanol–water partition coefficient (Wildman–Crippen LogP) is 1.62. The highest BCUT2D eigenvalue weighted by molar-refractivity contribution is 5.85. The number of rotatable bonds is 3. The lowest BCUT2D eigenvalue weighted by atomic mass is 10.2. The van der Waals surface area contributed by atoms with Gasteiger partial charge in [-0.3, -0.25) is 4.79 Å². The van der Waals surface area contributed by atoms with Crippen molar-refractivity contribution in [3.63, 3.8) is 0 Å². The number of hydrogen-bond donors (Lipinski definition) is 2. The van der Waals surface area contributed by atoms with Crippen LogP contribution in [0.2, 0.25) is 0 Å². The van der Waals surface area contributed by atoms with Crippen LogP contribution in [0.3, 0.4) is 0 Å². The van der Waals surface area contributed by atoms with Crippen molar-refractivity contribution < 1.29 is 9.90 Å². The molecule has 1 amide bonds. The van der Waals surface area contributed by atoms with E-state index in [0.29, 0.717) is 19.5 Å². The van der Waals surface area contributed by atoms with Crippen LogP contribution in [0.25, 0.3) is 0 Å². The summed E-state index contributed by atoms with van der Waals surface area (Å²) in [6.07, 6.45) is 0.665. The summed E-state index contributed by atoms with van der Waals surface area (Å²) in [5.74, 6) is 0.312. The number of carbonyl (C=O) groups is 1. The van der Waals surface area contributed by atoms with E-state index in [1.54, 1.807) is 12.1 Å².